The Bertz CT molecular complexity index is 1470. The van der Waals surface area contributed by atoms with Crippen molar-refractivity contribution < 1.29 is 0 Å². The van der Waals surface area contributed by atoms with Gasteiger partial charge < -0.3 is 9.55 Å². The Morgan fingerprint density at radius 1 is 0.968 bits per heavy atom. The maximum atomic E-state index is 4.75. The molecule has 5 rings (SSSR count). The van der Waals surface area contributed by atoms with Gasteiger partial charge in [-0.3, -0.25) is 0 Å². The number of aryl methyl sites for hydroxylation is 1. The van der Waals surface area contributed by atoms with Gasteiger partial charge in [0.05, 0.1) is 29.1 Å². The zero-order chi connectivity index (χ0) is 21.6. The minimum absolute atomic E-state index is 0.0597. The summed E-state index contributed by atoms with van der Waals surface area (Å²) in [7, 11) is 0. The summed E-state index contributed by atoms with van der Waals surface area (Å²) in [5.41, 5.74) is 6.87. The second-order valence-electron chi connectivity index (χ2n) is 8.41. The Balaban J connectivity index is 1.58. The molecule has 1 aromatic carbocycles. The quantitative estimate of drug-likeness (QED) is 0.420. The molecular formula is C24H21N7. The van der Waals surface area contributed by atoms with E-state index in [-0.39, 0.29) is 5.54 Å². The lowest BCUT2D eigenvalue weighted by Gasteiger charge is -2.21. The molecule has 0 unspecified atom stereocenters. The van der Waals surface area contributed by atoms with E-state index >= 15 is 0 Å². The van der Waals surface area contributed by atoms with Gasteiger partial charge in [-0.25, -0.2) is 24.9 Å². The number of benzene rings is 1. The average molecular weight is 407 g/mol. The molecule has 0 bridgehead atoms. The van der Waals surface area contributed by atoms with Gasteiger partial charge >= 0.3 is 0 Å². The summed E-state index contributed by atoms with van der Waals surface area (Å²) >= 11 is 0. The Morgan fingerprint density at radius 2 is 1.77 bits per heavy atom. The zero-order valence-electron chi connectivity index (χ0n) is 17.8. The van der Waals surface area contributed by atoms with Gasteiger partial charge in [0.2, 0.25) is 0 Å². The van der Waals surface area contributed by atoms with E-state index in [1.807, 2.05) is 25.5 Å². The Hall–Kier alpha value is -4.05. The minimum Gasteiger partial charge on any atom is -0.344 e. The normalized spacial score (nSPS) is 11.6. The molecular weight excluding hydrogens is 386 g/mol. The Morgan fingerprint density at radius 3 is 2.55 bits per heavy atom. The number of imidazole rings is 1. The molecule has 0 aliphatic heterocycles. The minimum atomic E-state index is -0.0597. The van der Waals surface area contributed by atoms with Crippen molar-refractivity contribution in [3.8, 4) is 23.0 Å². The van der Waals surface area contributed by atoms with Gasteiger partial charge in [0, 0.05) is 29.7 Å². The third-order valence-electron chi connectivity index (χ3n) is 5.08. The fraction of sp³-hybridized carbons (Fsp3) is 0.208. The molecule has 0 amide bonds. The van der Waals surface area contributed by atoms with Gasteiger partial charge in [0.15, 0.2) is 5.65 Å². The summed E-state index contributed by atoms with van der Waals surface area (Å²) in [4.78, 5) is 25.3. The number of nitrogens with zero attached hydrogens (tertiary/aromatic N) is 6. The number of rotatable bonds is 1. The van der Waals surface area contributed by atoms with Crippen LogP contribution >= 0.6 is 0 Å². The van der Waals surface area contributed by atoms with Crippen LogP contribution in [0.1, 0.15) is 37.9 Å². The van der Waals surface area contributed by atoms with Crippen molar-refractivity contribution in [1.29, 1.82) is 0 Å². The number of hydrogen-bond acceptors (Lipinski definition) is 5. The molecule has 0 aliphatic rings. The predicted molar refractivity (Wildman–Crippen MR) is 120 cm³/mol. The van der Waals surface area contributed by atoms with Gasteiger partial charge in [0.1, 0.15) is 17.0 Å². The van der Waals surface area contributed by atoms with Crippen molar-refractivity contribution >= 4 is 22.2 Å². The highest BCUT2D eigenvalue weighted by atomic mass is 15.1. The zero-order valence-corrected chi connectivity index (χ0v) is 17.8. The number of H-pyrrole nitrogens is 1. The van der Waals surface area contributed by atoms with Crippen molar-refractivity contribution in [2.24, 2.45) is 0 Å². The third-order valence-corrected chi connectivity index (χ3v) is 5.08. The molecule has 5 aromatic rings. The van der Waals surface area contributed by atoms with E-state index in [2.05, 4.69) is 74.2 Å². The van der Waals surface area contributed by atoms with E-state index in [1.54, 1.807) is 18.6 Å². The molecule has 0 atom stereocenters. The average Bonchev–Trinajstić information content (AvgIpc) is 3.36. The van der Waals surface area contributed by atoms with Gasteiger partial charge in [-0.1, -0.05) is 12.0 Å². The number of fused-ring (bicyclic) bond motifs is 2. The highest BCUT2D eigenvalue weighted by molar-refractivity contribution is 5.93. The van der Waals surface area contributed by atoms with Crippen LogP contribution in [-0.4, -0.2) is 34.5 Å². The highest BCUT2D eigenvalue weighted by Gasteiger charge is 2.17. The van der Waals surface area contributed by atoms with Crippen molar-refractivity contribution in [3.63, 3.8) is 0 Å². The number of aromatic amines is 1. The van der Waals surface area contributed by atoms with E-state index in [9.17, 15) is 0 Å². The summed E-state index contributed by atoms with van der Waals surface area (Å²) in [5, 5.41) is 0. The molecule has 7 nitrogen and oxygen atoms in total. The van der Waals surface area contributed by atoms with Crippen molar-refractivity contribution in [1.82, 2.24) is 34.5 Å². The molecule has 0 radical (unpaired) electrons. The fourth-order valence-corrected chi connectivity index (χ4v) is 3.47. The predicted octanol–water partition coefficient (Wildman–Crippen LogP) is 4.23. The summed E-state index contributed by atoms with van der Waals surface area (Å²) in [6.07, 6.45) is 8.91. The summed E-state index contributed by atoms with van der Waals surface area (Å²) in [6, 6.07) is 6.26. The first-order chi connectivity index (χ1) is 14.9. The first-order valence-corrected chi connectivity index (χ1v) is 10.0. The fourth-order valence-electron chi connectivity index (χ4n) is 3.47. The van der Waals surface area contributed by atoms with Gasteiger partial charge in [-0.15, -0.1) is 0 Å². The highest BCUT2D eigenvalue weighted by Crippen LogP contribution is 2.30. The van der Waals surface area contributed by atoms with Crippen LogP contribution in [0.5, 0.6) is 0 Å². The van der Waals surface area contributed by atoms with Crippen LogP contribution in [0, 0.1) is 18.8 Å². The van der Waals surface area contributed by atoms with Crippen LogP contribution in [0.3, 0.4) is 0 Å². The molecule has 1 N–H and O–H groups in total. The molecule has 4 heterocycles. The lowest BCUT2D eigenvalue weighted by molar-refractivity contribution is 0.408. The molecule has 152 valence electrons. The van der Waals surface area contributed by atoms with E-state index in [1.165, 1.54) is 0 Å². The molecule has 7 heteroatoms. The van der Waals surface area contributed by atoms with Crippen molar-refractivity contribution in [2.75, 3.05) is 0 Å². The smallest absolute Gasteiger partial charge is 0.156 e. The second kappa shape index (κ2) is 7.03. The number of aromatic nitrogens is 7. The molecule has 0 fully saturated rings. The Kier molecular flexibility index (Phi) is 4.29. The van der Waals surface area contributed by atoms with Crippen LogP contribution in [-0.2, 0) is 5.54 Å². The SMILES string of the molecule is Cc1ncc(C#Cc2cnc3[nH]cc(-c4ccc5ncn(C(C)(C)C)c5c4)c3n2)cn1. The topological polar surface area (TPSA) is 85.2 Å². The molecule has 31 heavy (non-hydrogen) atoms. The molecule has 0 spiro atoms. The lowest BCUT2D eigenvalue weighted by atomic mass is 10.1. The molecule has 4 aromatic heterocycles. The van der Waals surface area contributed by atoms with Crippen molar-refractivity contribution in [2.45, 2.75) is 33.2 Å². The van der Waals surface area contributed by atoms with E-state index in [4.69, 9.17) is 4.98 Å². The third kappa shape index (κ3) is 3.53. The molecule has 0 aliphatic carbocycles. The van der Waals surface area contributed by atoms with Crippen LogP contribution in [0.2, 0.25) is 0 Å². The number of nitrogens with one attached hydrogen (secondary N) is 1. The van der Waals surface area contributed by atoms with Crippen molar-refractivity contribution in [3.05, 3.63) is 66.4 Å². The van der Waals surface area contributed by atoms with E-state index < -0.39 is 0 Å². The van der Waals surface area contributed by atoms with Gasteiger partial charge in [0.25, 0.3) is 0 Å². The first kappa shape index (κ1) is 18.9. The van der Waals surface area contributed by atoms with E-state index in [0.717, 1.165) is 38.9 Å². The van der Waals surface area contributed by atoms with Crippen LogP contribution in [0.15, 0.2) is 49.3 Å². The standard InChI is InChI=1S/C24H21N7/c1-15-25-10-16(11-26-15)5-7-18-12-27-23-22(30-18)19(13-28-23)17-6-8-20-21(9-17)31(14-29-20)24(2,3)4/h6,8-14H,1-4H3,(H,27,28). The van der Waals surface area contributed by atoms with Crippen LogP contribution in [0.25, 0.3) is 33.3 Å². The summed E-state index contributed by atoms with van der Waals surface area (Å²) in [6.45, 7) is 8.35. The molecule has 0 saturated carbocycles. The van der Waals surface area contributed by atoms with Gasteiger partial charge in [-0.05, 0) is 51.3 Å². The number of hydrogen-bond donors (Lipinski definition) is 1. The maximum Gasteiger partial charge on any atom is 0.156 e. The Labute approximate surface area is 179 Å². The summed E-state index contributed by atoms with van der Waals surface area (Å²) in [5.74, 6) is 6.83. The largest absolute Gasteiger partial charge is 0.344 e. The van der Waals surface area contributed by atoms with Gasteiger partial charge in [-0.2, -0.15) is 0 Å². The maximum absolute atomic E-state index is 4.75. The molecule has 0 saturated heterocycles. The first-order valence-electron chi connectivity index (χ1n) is 10.0. The monoisotopic (exact) mass is 407 g/mol. The second-order valence-corrected chi connectivity index (χ2v) is 8.41. The lowest BCUT2D eigenvalue weighted by Crippen LogP contribution is -2.20. The summed E-state index contributed by atoms with van der Waals surface area (Å²) < 4.78 is 2.19. The van der Waals surface area contributed by atoms with E-state index in [0.29, 0.717) is 11.5 Å². The van der Waals surface area contributed by atoms with Crippen LogP contribution < -0.4 is 0 Å². The van der Waals surface area contributed by atoms with Crippen LogP contribution in [0.4, 0.5) is 0 Å².